The highest BCUT2D eigenvalue weighted by molar-refractivity contribution is 7.19. The molecule has 182 valence electrons. The third-order valence-electron chi connectivity index (χ3n) is 4.95. The van der Waals surface area contributed by atoms with E-state index in [2.05, 4.69) is 10.3 Å². The Balaban J connectivity index is 1.87. The van der Waals surface area contributed by atoms with Crippen molar-refractivity contribution in [2.45, 2.75) is 39.8 Å². The molecule has 0 aliphatic heterocycles. The summed E-state index contributed by atoms with van der Waals surface area (Å²) in [6, 6.07) is 5.02. The van der Waals surface area contributed by atoms with Crippen LogP contribution in [0.5, 0.6) is 0 Å². The van der Waals surface area contributed by atoms with Gasteiger partial charge in [-0.1, -0.05) is 42.9 Å². The Morgan fingerprint density at radius 1 is 1.26 bits per heavy atom. The number of ether oxygens (including phenoxy) is 1. The molecule has 0 bridgehead atoms. The van der Waals surface area contributed by atoms with Crippen LogP contribution in [0.25, 0.3) is 0 Å². The molecule has 2 aromatic heterocycles. The zero-order valence-electron chi connectivity index (χ0n) is 18.8. The molecule has 2 heterocycles. The number of nitrogens with one attached hydrogen (secondary N) is 1. The summed E-state index contributed by atoms with van der Waals surface area (Å²) in [6.45, 7) is 5.65. The van der Waals surface area contributed by atoms with Crippen LogP contribution < -0.4 is 5.32 Å². The number of thiazole rings is 1. The predicted molar refractivity (Wildman–Crippen MR) is 125 cm³/mol. The number of anilines is 1. The van der Waals surface area contributed by atoms with E-state index in [0.29, 0.717) is 11.1 Å². The topological polar surface area (TPSA) is 93.4 Å². The van der Waals surface area contributed by atoms with E-state index in [4.69, 9.17) is 16.3 Å². The number of esters is 1. The number of carbonyl (C=O) groups excluding carboxylic acids is 2. The minimum Gasteiger partial charge on any atom is -0.466 e. The van der Waals surface area contributed by atoms with Crippen molar-refractivity contribution in [3.8, 4) is 0 Å². The minimum absolute atomic E-state index is 0.0670. The molecule has 34 heavy (non-hydrogen) atoms. The van der Waals surface area contributed by atoms with Crippen LogP contribution in [0.15, 0.2) is 30.5 Å². The van der Waals surface area contributed by atoms with Crippen molar-refractivity contribution in [2.75, 3.05) is 11.9 Å². The maximum atomic E-state index is 13.7. The van der Waals surface area contributed by atoms with Crippen molar-refractivity contribution >= 4 is 39.9 Å². The zero-order valence-corrected chi connectivity index (χ0v) is 20.3. The quantitative estimate of drug-likeness (QED) is 0.395. The molecule has 0 fully saturated rings. The molecule has 0 radical (unpaired) electrons. The fourth-order valence-electron chi connectivity index (χ4n) is 3.24. The van der Waals surface area contributed by atoms with Crippen molar-refractivity contribution in [3.63, 3.8) is 0 Å². The summed E-state index contributed by atoms with van der Waals surface area (Å²) >= 11 is 7.15. The van der Waals surface area contributed by atoms with E-state index in [-0.39, 0.29) is 46.3 Å². The lowest BCUT2D eigenvalue weighted by Crippen LogP contribution is -2.17. The molecule has 3 aromatic rings. The second kappa shape index (κ2) is 11.1. The molecule has 1 unspecified atom stereocenters. The average molecular weight is 512 g/mol. The molecule has 0 aliphatic carbocycles. The molecule has 2 N–H and O–H groups in total. The summed E-state index contributed by atoms with van der Waals surface area (Å²) in [5.74, 6) is -3.11. The van der Waals surface area contributed by atoms with Crippen LogP contribution in [0.3, 0.4) is 0 Å². The number of hydrogen-bond acceptors (Lipinski definition) is 6. The molecular formula is C23H24ClF2N3O4S. The predicted octanol–water partition coefficient (Wildman–Crippen LogP) is 4.97. The van der Waals surface area contributed by atoms with Gasteiger partial charge in [0, 0.05) is 12.7 Å². The normalized spacial score (nSPS) is 12.1. The van der Waals surface area contributed by atoms with Crippen LogP contribution in [0.2, 0.25) is 4.34 Å². The average Bonchev–Trinajstić information content (AvgIpc) is 3.33. The Kier molecular flexibility index (Phi) is 8.40. The Morgan fingerprint density at radius 2 is 2.00 bits per heavy atom. The first kappa shape index (κ1) is 25.8. The molecule has 0 aliphatic rings. The lowest BCUT2D eigenvalue weighted by molar-refractivity contribution is -0.142. The maximum absolute atomic E-state index is 13.7. The zero-order chi connectivity index (χ0) is 25.0. The van der Waals surface area contributed by atoms with Gasteiger partial charge in [-0.15, -0.1) is 0 Å². The van der Waals surface area contributed by atoms with Gasteiger partial charge in [0.2, 0.25) is 0 Å². The van der Waals surface area contributed by atoms with Gasteiger partial charge in [-0.2, -0.15) is 0 Å². The number of halogens is 3. The van der Waals surface area contributed by atoms with E-state index in [1.165, 1.54) is 16.7 Å². The molecule has 7 nitrogen and oxygen atoms in total. The fraction of sp³-hybridized carbons (Fsp3) is 0.348. The molecule has 11 heteroatoms. The van der Waals surface area contributed by atoms with Gasteiger partial charge in [-0.3, -0.25) is 14.9 Å². The smallest absolute Gasteiger partial charge is 0.311 e. The summed E-state index contributed by atoms with van der Waals surface area (Å²) in [6.07, 6.45) is 0.640. The summed E-state index contributed by atoms with van der Waals surface area (Å²) < 4.78 is 33.7. The van der Waals surface area contributed by atoms with Gasteiger partial charge >= 0.3 is 5.97 Å². The van der Waals surface area contributed by atoms with Gasteiger partial charge in [0.25, 0.3) is 5.91 Å². The molecule has 0 saturated heterocycles. The SMILES string of the molecule is CCOC(=O)Cc1nc(NC(=O)c2cc(C(O)C(C)C)cn2Cc2ccc(F)c(F)c2)sc1Cl. The highest BCUT2D eigenvalue weighted by atomic mass is 35.5. The van der Waals surface area contributed by atoms with Gasteiger partial charge in [-0.05, 0) is 42.2 Å². The number of carbonyl (C=O) groups is 2. The fourth-order valence-corrected chi connectivity index (χ4v) is 4.27. The second-order valence-electron chi connectivity index (χ2n) is 7.90. The summed E-state index contributed by atoms with van der Waals surface area (Å²) in [5, 5.41) is 13.3. The van der Waals surface area contributed by atoms with E-state index in [0.717, 1.165) is 23.5 Å². The third kappa shape index (κ3) is 6.19. The van der Waals surface area contributed by atoms with Crippen molar-refractivity contribution < 1.29 is 28.2 Å². The molecular weight excluding hydrogens is 488 g/mol. The molecule has 0 saturated carbocycles. The van der Waals surface area contributed by atoms with Gasteiger partial charge in [-0.25, -0.2) is 13.8 Å². The van der Waals surface area contributed by atoms with Gasteiger partial charge < -0.3 is 14.4 Å². The number of aromatic nitrogens is 2. The van der Waals surface area contributed by atoms with E-state index >= 15 is 0 Å². The monoisotopic (exact) mass is 511 g/mol. The first-order valence-corrected chi connectivity index (χ1v) is 11.7. The standard InChI is InChI=1S/C23H24ClF2N3O4S/c1-4-33-19(30)9-17-21(24)34-23(27-17)28-22(32)18-8-14(20(31)12(2)3)11-29(18)10-13-5-6-15(25)16(26)7-13/h5-8,11-12,20,31H,4,9-10H2,1-3H3,(H,27,28,32). The highest BCUT2D eigenvalue weighted by Gasteiger charge is 2.22. The highest BCUT2D eigenvalue weighted by Crippen LogP contribution is 2.30. The van der Waals surface area contributed by atoms with Crippen LogP contribution in [-0.4, -0.2) is 33.1 Å². The largest absolute Gasteiger partial charge is 0.466 e. The number of rotatable bonds is 9. The summed E-state index contributed by atoms with van der Waals surface area (Å²) in [7, 11) is 0. The van der Waals surface area contributed by atoms with Crippen molar-refractivity contribution in [2.24, 2.45) is 5.92 Å². The molecule has 1 aromatic carbocycles. The number of nitrogens with zero attached hydrogens (tertiary/aromatic N) is 2. The lowest BCUT2D eigenvalue weighted by atomic mass is 10.0. The van der Waals surface area contributed by atoms with Crippen LogP contribution in [0.1, 0.15) is 54.2 Å². The Labute approximate surface area is 204 Å². The van der Waals surface area contributed by atoms with Crippen molar-refractivity contribution in [1.29, 1.82) is 0 Å². The van der Waals surface area contributed by atoms with Crippen molar-refractivity contribution in [3.05, 3.63) is 68.9 Å². The van der Waals surface area contributed by atoms with Crippen LogP contribution >= 0.6 is 22.9 Å². The molecule has 0 spiro atoms. The van der Waals surface area contributed by atoms with Gasteiger partial charge in [0.15, 0.2) is 16.8 Å². The summed E-state index contributed by atoms with van der Waals surface area (Å²) in [5.41, 5.74) is 1.40. The summed E-state index contributed by atoms with van der Waals surface area (Å²) in [4.78, 5) is 29.0. The number of hydrogen-bond donors (Lipinski definition) is 2. The Hall–Kier alpha value is -2.82. The van der Waals surface area contributed by atoms with Gasteiger partial charge in [0.05, 0.1) is 24.8 Å². The maximum Gasteiger partial charge on any atom is 0.311 e. The van der Waals surface area contributed by atoms with E-state index in [9.17, 15) is 23.5 Å². The number of aliphatic hydroxyl groups excluding tert-OH is 1. The first-order valence-electron chi connectivity index (χ1n) is 10.5. The number of amides is 1. The van der Waals surface area contributed by atoms with E-state index in [1.807, 2.05) is 13.8 Å². The minimum atomic E-state index is -0.996. The number of benzene rings is 1. The molecule has 3 rings (SSSR count). The van der Waals surface area contributed by atoms with E-state index in [1.54, 1.807) is 13.1 Å². The van der Waals surface area contributed by atoms with E-state index < -0.39 is 29.6 Å². The van der Waals surface area contributed by atoms with Crippen LogP contribution in [-0.2, 0) is 22.5 Å². The number of aliphatic hydroxyl groups is 1. The second-order valence-corrected chi connectivity index (χ2v) is 9.50. The van der Waals surface area contributed by atoms with Crippen molar-refractivity contribution in [1.82, 2.24) is 9.55 Å². The molecule has 1 amide bonds. The van der Waals surface area contributed by atoms with Crippen LogP contribution in [0, 0.1) is 17.6 Å². The first-order chi connectivity index (χ1) is 16.1. The Bertz CT molecular complexity index is 1200. The Morgan fingerprint density at radius 3 is 2.65 bits per heavy atom. The van der Waals surface area contributed by atoms with Gasteiger partial charge in [0.1, 0.15) is 10.0 Å². The third-order valence-corrected chi connectivity index (χ3v) is 6.20. The lowest BCUT2D eigenvalue weighted by Gasteiger charge is -2.12. The van der Waals surface area contributed by atoms with Crippen LogP contribution in [0.4, 0.5) is 13.9 Å². The molecule has 1 atom stereocenters.